The van der Waals surface area contributed by atoms with E-state index < -0.39 is 0 Å². The second kappa shape index (κ2) is 6.76. The van der Waals surface area contributed by atoms with E-state index in [1.807, 2.05) is 24.1 Å². The predicted molar refractivity (Wildman–Crippen MR) is 106 cm³/mol. The van der Waals surface area contributed by atoms with E-state index in [0.29, 0.717) is 30.2 Å². The van der Waals surface area contributed by atoms with E-state index in [0.717, 1.165) is 36.3 Å². The summed E-state index contributed by atoms with van der Waals surface area (Å²) in [6.07, 6.45) is 8.48. The molecule has 5 rings (SSSR count). The molecule has 1 aliphatic carbocycles. The minimum Gasteiger partial charge on any atom is -0.348 e. The maximum absolute atomic E-state index is 14.1. The molecular weight excluding hydrogens is 355 g/mol. The molecule has 146 valence electrons. The van der Waals surface area contributed by atoms with Crippen molar-refractivity contribution >= 4 is 16.8 Å². The molecule has 2 fully saturated rings. The number of hydrogen-bond acceptors (Lipinski definition) is 2. The predicted octanol–water partition coefficient (Wildman–Crippen LogP) is 4.24. The standard InChI is InChI=1S/C22H25FN4O/c1-14-17-3-2-4-18(23)20(17)25-19(14)22(28)26-10-7-16(8-11-26)21-24-9-12-27(21)13-15-5-6-15/h2-4,9,12,15-16,25H,5-8,10-11,13H2,1H3. The zero-order chi connectivity index (χ0) is 19.3. The van der Waals surface area contributed by atoms with Crippen molar-refractivity contribution in [2.75, 3.05) is 13.1 Å². The Labute approximate surface area is 163 Å². The van der Waals surface area contributed by atoms with Crippen LogP contribution in [0.2, 0.25) is 0 Å². The molecule has 1 aliphatic heterocycles. The van der Waals surface area contributed by atoms with E-state index in [4.69, 9.17) is 0 Å². The van der Waals surface area contributed by atoms with Gasteiger partial charge in [-0.15, -0.1) is 0 Å². The van der Waals surface area contributed by atoms with Crippen LogP contribution < -0.4 is 0 Å². The summed E-state index contributed by atoms with van der Waals surface area (Å²) in [6.45, 7) is 4.37. The van der Waals surface area contributed by atoms with E-state index in [2.05, 4.69) is 20.7 Å². The van der Waals surface area contributed by atoms with Crippen LogP contribution in [-0.4, -0.2) is 38.4 Å². The molecule has 1 saturated carbocycles. The number of carbonyl (C=O) groups excluding carboxylic acids is 1. The number of aryl methyl sites for hydroxylation is 1. The molecule has 3 aromatic rings. The lowest BCUT2D eigenvalue weighted by atomic mass is 9.95. The Bertz CT molecular complexity index is 1020. The highest BCUT2D eigenvalue weighted by Crippen LogP contribution is 2.34. The smallest absolute Gasteiger partial charge is 0.270 e. The summed E-state index contributed by atoms with van der Waals surface area (Å²) in [5.74, 6) is 2.04. The number of benzene rings is 1. The fourth-order valence-electron chi connectivity index (χ4n) is 4.44. The molecule has 1 amide bonds. The third-order valence-corrected chi connectivity index (χ3v) is 6.30. The molecule has 28 heavy (non-hydrogen) atoms. The zero-order valence-electron chi connectivity index (χ0n) is 16.1. The number of piperidine rings is 1. The van der Waals surface area contributed by atoms with Gasteiger partial charge in [-0.25, -0.2) is 9.37 Å². The van der Waals surface area contributed by atoms with Gasteiger partial charge in [-0.2, -0.15) is 0 Å². The monoisotopic (exact) mass is 380 g/mol. The Kier molecular flexibility index (Phi) is 4.22. The van der Waals surface area contributed by atoms with Crippen LogP contribution in [0, 0.1) is 18.7 Å². The average Bonchev–Trinajstić information content (AvgIpc) is 3.29. The number of aromatic nitrogens is 3. The number of halogens is 1. The van der Waals surface area contributed by atoms with Crippen LogP contribution in [0.3, 0.4) is 0 Å². The highest BCUT2D eigenvalue weighted by atomic mass is 19.1. The van der Waals surface area contributed by atoms with Crippen molar-refractivity contribution in [3.05, 3.63) is 53.5 Å². The van der Waals surface area contributed by atoms with Gasteiger partial charge in [0.1, 0.15) is 17.3 Å². The van der Waals surface area contributed by atoms with Gasteiger partial charge in [0.05, 0.1) is 5.52 Å². The van der Waals surface area contributed by atoms with E-state index in [9.17, 15) is 9.18 Å². The zero-order valence-corrected chi connectivity index (χ0v) is 16.1. The van der Waals surface area contributed by atoms with Gasteiger partial charge in [-0.3, -0.25) is 4.79 Å². The van der Waals surface area contributed by atoms with Crippen LogP contribution in [0.5, 0.6) is 0 Å². The molecule has 0 atom stereocenters. The number of para-hydroxylation sites is 1. The van der Waals surface area contributed by atoms with Crippen molar-refractivity contribution in [2.24, 2.45) is 5.92 Å². The first-order valence-corrected chi connectivity index (χ1v) is 10.2. The van der Waals surface area contributed by atoms with Gasteiger partial charge in [0.15, 0.2) is 0 Å². The molecule has 1 aromatic carbocycles. The molecule has 0 bridgehead atoms. The number of nitrogens with zero attached hydrogens (tertiary/aromatic N) is 3. The van der Waals surface area contributed by atoms with Gasteiger partial charge in [-0.1, -0.05) is 12.1 Å². The molecule has 6 heteroatoms. The number of hydrogen-bond donors (Lipinski definition) is 1. The molecule has 1 N–H and O–H groups in total. The highest BCUT2D eigenvalue weighted by Gasteiger charge is 2.30. The summed E-state index contributed by atoms with van der Waals surface area (Å²) >= 11 is 0. The molecule has 1 saturated heterocycles. The van der Waals surface area contributed by atoms with Crippen molar-refractivity contribution in [1.82, 2.24) is 19.4 Å². The summed E-state index contributed by atoms with van der Waals surface area (Å²) in [6, 6.07) is 4.96. The Hall–Kier alpha value is -2.63. The summed E-state index contributed by atoms with van der Waals surface area (Å²) in [5.41, 5.74) is 1.75. The normalized spacial score (nSPS) is 18.1. The Morgan fingerprint density at radius 2 is 2.04 bits per heavy atom. The summed E-state index contributed by atoms with van der Waals surface area (Å²) < 4.78 is 16.4. The van der Waals surface area contributed by atoms with E-state index in [-0.39, 0.29) is 11.7 Å². The summed E-state index contributed by atoms with van der Waals surface area (Å²) in [7, 11) is 0. The Morgan fingerprint density at radius 3 is 2.75 bits per heavy atom. The van der Waals surface area contributed by atoms with Crippen molar-refractivity contribution in [3.8, 4) is 0 Å². The number of fused-ring (bicyclic) bond motifs is 1. The van der Waals surface area contributed by atoms with Crippen LogP contribution in [0.25, 0.3) is 10.9 Å². The largest absolute Gasteiger partial charge is 0.348 e. The first-order valence-electron chi connectivity index (χ1n) is 10.2. The van der Waals surface area contributed by atoms with Gasteiger partial charge < -0.3 is 14.5 Å². The topological polar surface area (TPSA) is 53.9 Å². The molecule has 2 aliphatic rings. The van der Waals surface area contributed by atoms with Crippen molar-refractivity contribution < 1.29 is 9.18 Å². The van der Waals surface area contributed by atoms with Gasteiger partial charge in [0.25, 0.3) is 5.91 Å². The van der Waals surface area contributed by atoms with Crippen LogP contribution in [0.4, 0.5) is 4.39 Å². The lowest BCUT2D eigenvalue weighted by Gasteiger charge is -2.32. The van der Waals surface area contributed by atoms with Crippen molar-refractivity contribution in [1.29, 1.82) is 0 Å². The maximum atomic E-state index is 14.1. The Morgan fingerprint density at radius 1 is 1.25 bits per heavy atom. The molecular formula is C22H25FN4O. The minimum absolute atomic E-state index is 0.0344. The van der Waals surface area contributed by atoms with Crippen molar-refractivity contribution in [2.45, 2.75) is 45.1 Å². The van der Waals surface area contributed by atoms with Crippen LogP contribution in [-0.2, 0) is 6.54 Å². The average molecular weight is 380 g/mol. The molecule has 0 unspecified atom stereocenters. The van der Waals surface area contributed by atoms with Crippen molar-refractivity contribution in [3.63, 3.8) is 0 Å². The molecule has 0 spiro atoms. The maximum Gasteiger partial charge on any atom is 0.270 e. The fraction of sp³-hybridized carbons (Fsp3) is 0.455. The van der Waals surface area contributed by atoms with Crippen LogP contribution in [0.15, 0.2) is 30.6 Å². The quantitative estimate of drug-likeness (QED) is 0.736. The molecule has 0 radical (unpaired) electrons. The Balaban J connectivity index is 1.30. The third kappa shape index (κ3) is 3.01. The van der Waals surface area contributed by atoms with Gasteiger partial charge in [0.2, 0.25) is 0 Å². The summed E-state index contributed by atoms with van der Waals surface area (Å²) in [5, 5.41) is 0.778. The van der Waals surface area contributed by atoms with Gasteiger partial charge >= 0.3 is 0 Å². The van der Waals surface area contributed by atoms with Gasteiger partial charge in [0, 0.05) is 43.3 Å². The second-order valence-corrected chi connectivity index (χ2v) is 8.24. The lowest BCUT2D eigenvalue weighted by molar-refractivity contribution is 0.0704. The number of imidazole rings is 1. The number of nitrogens with one attached hydrogen (secondary N) is 1. The lowest BCUT2D eigenvalue weighted by Crippen LogP contribution is -2.38. The molecule has 2 aromatic heterocycles. The minimum atomic E-state index is -0.319. The first kappa shape index (κ1) is 17.5. The molecule has 3 heterocycles. The first-order chi connectivity index (χ1) is 13.6. The number of H-pyrrole nitrogens is 1. The number of amides is 1. The van der Waals surface area contributed by atoms with Crippen LogP contribution >= 0.6 is 0 Å². The number of aromatic amines is 1. The number of carbonyl (C=O) groups is 1. The number of rotatable bonds is 4. The number of likely N-dealkylation sites (tertiary alicyclic amines) is 1. The van der Waals surface area contributed by atoms with E-state index in [1.54, 1.807) is 6.07 Å². The summed E-state index contributed by atoms with van der Waals surface area (Å²) in [4.78, 5) is 22.6. The fourth-order valence-corrected chi connectivity index (χ4v) is 4.44. The third-order valence-electron chi connectivity index (χ3n) is 6.30. The van der Waals surface area contributed by atoms with E-state index >= 15 is 0 Å². The molecule has 5 nitrogen and oxygen atoms in total. The highest BCUT2D eigenvalue weighted by molar-refractivity contribution is 6.01. The second-order valence-electron chi connectivity index (χ2n) is 8.24. The van der Waals surface area contributed by atoms with E-state index in [1.165, 1.54) is 24.7 Å². The van der Waals surface area contributed by atoms with Crippen LogP contribution in [0.1, 0.15) is 53.5 Å². The van der Waals surface area contributed by atoms with Gasteiger partial charge in [-0.05, 0) is 50.2 Å². The SMILES string of the molecule is Cc1c(C(=O)N2CCC(c3nccn3CC3CC3)CC2)[nH]c2c(F)cccc12.